The third-order valence-corrected chi connectivity index (χ3v) is 17.3. The smallest absolute Gasteiger partial charge is 0.125 e. The summed E-state index contributed by atoms with van der Waals surface area (Å²) in [5.41, 5.74) is 33.8. The van der Waals surface area contributed by atoms with Gasteiger partial charge in [0.1, 0.15) is 5.75 Å². The van der Waals surface area contributed by atoms with Crippen molar-refractivity contribution in [3.63, 3.8) is 0 Å². The number of ether oxygens (including phenoxy) is 1. The van der Waals surface area contributed by atoms with Gasteiger partial charge in [-0.3, -0.25) is 0 Å². The van der Waals surface area contributed by atoms with Gasteiger partial charge in [0.2, 0.25) is 0 Å². The van der Waals surface area contributed by atoms with E-state index in [2.05, 4.69) is 152 Å². The van der Waals surface area contributed by atoms with E-state index < -0.39 is 0 Å². The summed E-state index contributed by atoms with van der Waals surface area (Å²) in [4.78, 5) is 0. The van der Waals surface area contributed by atoms with Crippen LogP contribution in [0.3, 0.4) is 0 Å². The zero-order valence-corrected chi connectivity index (χ0v) is 44.2. The summed E-state index contributed by atoms with van der Waals surface area (Å²) in [5.74, 6) is 5.50. The van der Waals surface area contributed by atoms with Crippen LogP contribution in [0.5, 0.6) is 5.75 Å². The van der Waals surface area contributed by atoms with E-state index in [9.17, 15) is 0 Å². The molecule has 0 atom stereocenters. The van der Waals surface area contributed by atoms with Gasteiger partial charge in [-0.15, -0.1) is 0 Å². The first-order chi connectivity index (χ1) is 29.0. The first-order valence-corrected chi connectivity index (χ1v) is 25.0. The van der Waals surface area contributed by atoms with E-state index >= 15 is 0 Å². The number of hydrogen-bond acceptors (Lipinski definition) is 1. The Labute approximate surface area is 382 Å². The van der Waals surface area contributed by atoms with Crippen molar-refractivity contribution in [1.29, 1.82) is 0 Å². The SMILES string of the molecule is Cc1c(C)c(-c2c(C)c(C)c(C(C)C)c(C)c2C)c(C)c(C)c1OCC1CCC(C)CC1.Cc1c(C)c(C(C)C)c(C)c(C)c1-c1c(C)c(C)c(C2CCC(C)CC2)c(C)c1C. The van der Waals surface area contributed by atoms with Gasteiger partial charge in [0, 0.05) is 0 Å². The molecule has 4 aromatic rings. The average Bonchev–Trinajstić information content (AvgIpc) is 3.22. The second kappa shape index (κ2) is 19.8. The van der Waals surface area contributed by atoms with Gasteiger partial charge in [0.25, 0.3) is 0 Å². The minimum atomic E-state index is 0.547. The highest BCUT2D eigenvalue weighted by atomic mass is 16.5. The molecular weight excluding hydrogens is 749 g/mol. The second-order valence-electron chi connectivity index (χ2n) is 21.8. The Kier molecular flexibility index (Phi) is 15.9. The van der Waals surface area contributed by atoms with Crippen LogP contribution in [0, 0.1) is 129 Å². The summed E-state index contributed by atoms with van der Waals surface area (Å²) in [6, 6.07) is 0. The van der Waals surface area contributed by atoms with Crippen LogP contribution in [0.1, 0.15) is 216 Å². The lowest BCUT2D eigenvalue weighted by molar-refractivity contribution is 0.186. The van der Waals surface area contributed by atoms with E-state index in [0.29, 0.717) is 17.8 Å². The van der Waals surface area contributed by atoms with Gasteiger partial charge in [-0.05, 0) is 300 Å². The predicted octanol–water partition coefficient (Wildman–Crippen LogP) is 18.4. The summed E-state index contributed by atoms with van der Waals surface area (Å²) >= 11 is 0. The molecule has 0 amide bonds. The molecule has 1 heteroatoms. The molecule has 0 spiro atoms. The Hall–Kier alpha value is -3.32. The molecule has 0 bridgehead atoms. The summed E-state index contributed by atoms with van der Waals surface area (Å²) in [6.07, 6.45) is 10.8. The Morgan fingerprint density at radius 1 is 0.355 bits per heavy atom. The standard InChI is InChI=1S/C31H46O.C30H44/c1-17(2)28-19(4)21(6)29(22(7)20(28)5)30-23(8)25(10)31(26(11)24(30)9)32-16-27-14-12-18(3)13-15-27;1-16(2)27-18(4)22(8)29(23(9)19(27)5)30-24(10)20(6)28(21(7)25(30)11)26-14-12-17(3)13-15-26/h17-18,27H,12-16H2,1-11H3;16-17,26H,12-15H2,1-11H3. The molecule has 0 aliphatic heterocycles. The molecular formula is C61H90O. The predicted molar refractivity (Wildman–Crippen MR) is 275 cm³/mol. The number of hydrogen-bond donors (Lipinski definition) is 0. The molecule has 1 nitrogen and oxygen atoms in total. The molecule has 2 saturated carbocycles. The molecule has 0 radical (unpaired) electrons. The van der Waals surface area contributed by atoms with Crippen molar-refractivity contribution in [3.8, 4) is 28.0 Å². The average molecular weight is 839 g/mol. The van der Waals surface area contributed by atoms with Crippen molar-refractivity contribution in [2.45, 2.75) is 221 Å². The summed E-state index contributed by atoms with van der Waals surface area (Å²) < 4.78 is 6.55. The van der Waals surface area contributed by atoms with Gasteiger partial charge in [0.15, 0.2) is 0 Å². The van der Waals surface area contributed by atoms with Gasteiger partial charge in [-0.1, -0.05) is 67.2 Å². The maximum Gasteiger partial charge on any atom is 0.125 e. The fourth-order valence-corrected chi connectivity index (χ4v) is 12.6. The molecule has 0 heterocycles. The maximum atomic E-state index is 6.55. The highest BCUT2D eigenvalue weighted by Crippen LogP contribution is 2.47. The fraction of sp³-hybridized carbons (Fsp3) is 0.607. The van der Waals surface area contributed by atoms with Crippen LogP contribution in [0.15, 0.2) is 0 Å². The molecule has 4 aromatic carbocycles. The molecule has 0 N–H and O–H groups in total. The molecule has 2 fully saturated rings. The molecule has 340 valence electrons. The lowest BCUT2D eigenvalue weighted by atomic mass is 9.73. The molecule has 0 unspecified atom stereocenters. The molecule has 0 aromatic heterocycles. The molecule has 0 saturated heterocycles. The second-order valence-corrected chi connectivity index (χ2v) is 21.8. The Morgan fingerprint density at radius 2 is 0.629 bits per heavy atom. The van der Waals surface area contributed by atoms with Crippen LogP contribution in [0.2, 0.25) is 0 Å². The topological polar surface area (TPSA) is 9.23 Å². The van der Waals surface area contributed by atoms with Crippen LogP contribution >= 0.6 is 0 Å². The Morgan fingerprint density at radius 3 is 0.935 bits per heavy atom. The first-order valence-electron chi connectivity index (χ1n) is 25.0. The fourth-order valence-electron chi connectivity index (χ4n) is 12.6. The lowest BCUT2D eigenvalue weighted by Crippen LogP contribution is -2.19. The third kappa shape index (κ3) is 9.27. The van der Waals surface area contributed by atoms with Crippen LogP contribution in [0.25, 0.3) is 22.3 Å². The van der Waals surface area contributed by atoms with Crippen LogP contribution < -0.4 is 4.74 Å². The Bertz CT molecular complexity index is 2170. The van der Waals surface area contributed by atoms with E-state index in [1.807, 2.05) is 0 Å². The lowest BCUT2D eigenvalue weighted by Gasteiger charge is -2.32. The highest BCUT2D eigenvalue weighted by molar-refractivity contribution is 5.83. The largest absolute Gasteiger partial charge is 0.493 e. The third-order valence-electron chi connectivity index (χ3n) is 17.3. The molecule has 62 heavy (non-hydrogen) atoms. The summed E-state index contributed by atoms with van der Waals surface area (Å²) in [6.45, 7) is 52.3. The number of benzene rings is 4. The zero-order valence-electron chi connectivity index (χ0n) is 44.2. The van der Waals surface area contributed by atoms with E-state index in [4.69, 9.17) is 4.74 Å². The van der Waals surface area contributed by atoms with Gasteiger partial charge in [-0.25, -0.2) is 0 Å². The van der Waals surface area contributed by atoms with Crippen molar-refractivity contribution < 1.29 is 4.74 Å². The first kappa shape index (κ1) is 49.7. The van der Waals surface area contributed by atoms with Crippen molar-refractivity contribution >= 4 is 0 Å². The highest BCUT2D eigenvalue weighted by Gasteiger charge is 2.29. The zero-order chi connectivity index (χ0) is 46.4. The molecule has 6 rings (SSSR count). The quantitative estimate of drug-likeness (QED) is 0.172. The van der Waals surface area contributed by atoms with E-state index in [-0.39, 0.29) is 0 Å². The van der Waals surface area contributed by atoms with E-state index in [1.165, 1.54) is 157 Å². The van der Waals surface area contributed by atoms with Gasteiger partial charge in [0.05, 0.1) is 6.61 Å². The van der Waals surface area contributed by atoms with E-state index in [0.717, 1.165) is 30.1 Å². The summed E-state index contributed by atoms with van der Waals surface area (Å²) in [5, 5.41) is 0. The van der Waals surface area contributed by atoms with Crippen LogP contribution in [-0.2, 0) is 0 Å². The van der Waals surface area contributed by atoms with E-state index in [1.54, 1.807) is 22.3 Å². The van der Waals surface area contributed by atoms with Gasteiger partial charge < -0.3 is 4.74 Å². The Balaban J connectivity index is 0.000000235. The van der Waals surface area contributed by atoms with Crippen molar-refractivity contribution in [1.82, 2.24) is 0 Å². The van der Waals surface area contributed by atoms with Crippen molar-refractivity contribution in [3.05, 3.63) is 106 Å². The van der Waals surface area contributed by atoms with Crippen molar-refractivity contribution in [2.75, 3.05) is 6.61 Å². The van der Waals surface area contributed by atoms with Gasteiger partial charge in [-0.2, -0.15) is 0 Å². The van der Waals surface area contributed by atoms with Gasteiger partial charge >= 0.3 is 0 Å². The summed E-state index contributed by atoms with van der Waals surface area (Å²) in [7, 11) is 0. The normalized spacial score (nSPS) is 19.3. The van der Waals surface area contributed by atoms with Crippen LogP contribution in [-0.4, -0.2) is 6.61 Å². The molecule has 2 aliphatic rings. The number of rotatable bonds is 8. The maximum absolute atomic E-state index is 6.55. The van der Waals surface area contributed by atoms with Crippen molar-refractivity contribution in [2.24, 2.45) is 17.8 Å². The minimum Gasteiger partial charge on any atom is -0.493 e. The minimum absolute atomic E-state index is 0.547. The van der Waals surface area contributed by atoms with Crippen LogP contribution in [0.4, 0.5) is 0 Å². The molecule has 2 aliphatic carbocycles. The monoisotopic (exact) mass is 839 g/mol.